The topological polar surface area (TPSA) is 21.3 Å². The summed E-state index contributed by atoms with van der Waals surface area (Å²) < 4.78 is 44.6. The highest BCUT2D eigenvalue weighted by atomic mass is 32.1. The summed E-state index contributed by atoms with van der Waals surface area (Å²) in [5.74, 6) is -0.142. The summed E-state index contributed by atoms with van der Waals surface area (Å²) in [7, 11) is 1.86. The SMILES string of the molecule is CNC[C@@H]1OC[C@H](c2cccc(C(F)(F)F)c2)c2ccsc21. The first kappa shape index (κ1) is 15.5. The van der Waals surface area contributed by atoms with E-state index in [1.54, 1.807) is 17.4 Å². The molecule has 0 saturated carbocycles. The molecule has 1 aliphatic heterocycles. The van der Waals surface area contributed by atoms with Crippen LogP contribution in [-0.4, -0.2) is 20.2 Å². The lowest BCUT2D eigenvalue weighted by Crippen LogP contribution is -2.27. The number of benzene rings is 1. The molecule has 0 spiro atoms. The second kappa shape index (κ2) is 6.02. The minimum atomic E-state index is -4.32. The third kappa shape index (κ3) is 2.91. The Hall–Kier alpha value is -1.37. The zero-order chi connectivity index (χ0) is 15.7. The van der Waals surface area contributed by atoms with Crippen molar-refractivity contribution < 1.29 is 17.9 Å². The lowest BCUT2D eigenvalue weighted by atomic mass is 9.88. The van der Waals surface area contributed by atoms with Crippen LogP contribution in [0.2, 0.25) is 0 Å². The number of rotatable bonds is 3. The van der Waals surface area contributed by atoms with Crippen molar-refractivity contribution in [3.63, 3.8) is 0 Å². The van der Waals surface area contributed by atoms with Gasteiger partial charge < -0.3 is 10.1 Å². The van der Waals surface area contributed by atoms with Crippen molar-refractivity contribution in [1.29, 1.82) is 0 Å². The van der Waals surface area contributed by atoms with Crippen molar-refractivity contribution >= 4 is 11.3 Å². The Kier molecular flexibility index (Phi) is 4.25. The van der Waals surface area contributed by atoms with Gasteiger partial charge in [0.05, 0.1) is 12.2 Å². The van der Waals surface area contributed by atoms with Crippen LogP contribution in [0.1, 0.15) is 33.6 Å². The fourth-order valence-corrected chi connectivity index (χ4v) is 3.81. The average molecular weight is 327 g/mol. The second-order valence-electron chi connectivity index (χ2n) is 5.30. The predicted molar refractivity (Wildman–Crippen MR) is 80.2 cm³/mol. The van der Waals surface area contributed by atoms with Crippen molar-refractivity contribution in [2.24, 2.45) is 0 Å². The lowest BCUT2D eigenvalue weighted by molar-refractivity contribution is -0.137. The summed E-state index contributed by atoms with van der Waals surface area (Å²) in [6.07, 6.45) is -4.35. The van der Waals surface area contributed by atoms with Crippen molar-refractivity contribution in [1.82, 2.24) is 5.32 Å². The van der Waals surface area contributed by atoms with Crippen LogP contribution in [0.5, 0.6) is 0 Å². The summed E-state index contributed by atoms with van der Waals surface area (Å²) >= 11 is 1.59. The van der Waals surface area contributed by atoms with Crippen LogP contribution in [0.4, 0.5) is 13.2 Å². The van der Waals surface area contributed by atoms with Crippen LogP contribution < -0.4 is 5.32 Å². The molecular weight excluding hydrogens is 311 g/mol. The van der Waals surface area contributed by atoms with Gasteiger partial charge in [0.1, 0.15) is 6.10 Å². The van der Waals surface area contributed by atoms with Gasteiger partial charge in [-0.25, -0.2) is 0 Å². The first-order valence-electron chi connectivity index (χ1n) is 7.01. The van der Waals surface area contributed by atoms with E-state index in [2.05, 4.69) is 5.32 Å². The van der Waals surface area contributed by atoms with E-state index < -0.39 is 11.7 Å². The van der Waals surface area contributed by atoms with Gasteiger partial charge in [0.25, 0.3) is 0 Å². The van der Waals surface area contributed by atoms with Gasteiger partial charge in [-0.05, 0) is 35.7 Å². The zero-order valence-electron chi connectivity index (χ0n) is 12.0. The second-order valence-corrected chi connectivity index (χ2v) is 6.24. The molecule has 0 unspecified atom stereocenters. The Bertz CT molecular complexity index is 653. The van der Waals surface area contributed by atoms with E-state index in [-0.39, 0.29) is 12.0 Å². The fraction of sp³-hybridized carbons (Fsp3) is 0.375. The van der Waals surface area contributed by atoms with Crippen molar-refractivity contribution in [3.05, 3.63) is 57.3 Å². The summed E-state index contributed by atoms with van der Waals surface area (Å²) in [5, 5.41) is 5.06. The van der Waals surface area contributed by atoms with Crippen LogP contribution in [-0.2, 0) is 10.9 Å². The highest BCUT2D eigenvalue weighted by molar-refractivity contribution is 7.10. The highest BCUT2D eigenvalue weighted by Gasteiger charge is 2.33. The third-order valence-electron chi connectivity index (χ3n) is 3.86. The van der Waals surface area contributed by atoms with E-state index in [4.69, 9.17) is 4.74 Å². The Balaban J connectivity index is 1.95. The number of ether oxygens (including phenoxy) is 1. The molecule has 1 aromatic heterocycles. The predicted octanol–water partition coefficient (Wildman–Crippen LogP) is 4.19. The number of hydrogen-bond acceptors (Lipinski definition) is 3. The Labute approximate surface area is 130 Å². The number of thiophene rings is 1. The molecule has 0 saturated heterocycles. The molecule has 6 heteroatoms. The molecule has 0 aliphatic carbocycles. The maximum Gasteiger partial charge on any atom is 0.416 e. The molecule has 1 aromatic carbocycles. The third-order valence-corrected chi connectivity index (χ3v) is 4.89. The van der Waals surface area contributed by atoms with Gasteiger partial charge in [-0.3, -0.25) is 0 Å². The summed E-state index contributed by atoms with van der Waals surface area (Å²) in [4.78, 5) is 1.10. The first-order valence-corrected chi connectivity index (χ1v) is 7.89. The largest absolute Gasteiger partial charge is 0.416 e. The number of halogens is 3. The van der Waals surface area contributed by atoms with Crippen LogP contribution >= 0.6 is 11.3 Å². The molecule has 2 heterocycles. The molecule has 2 nitrogen and oxygen atoms in total. The zero-order valence-corrected chi connectivity index (χ0v) is 12.8. The molecule has 0 fully saturated rings. The van der Waals surface area contributed by atoms with Crippen molar-refractivity contribution in [2.75, 3.05) is 20.2 Å². The monoisotopic (exact) mass is 327 g/mol. The van der Waals surface area contributed by atoms with E-state index in [9.17, 15) is 13.2 Å². The summed E-state index contributed by atoms with van der Waals surface area (Å²) in [6.45, 7) is 1.10. The van der Waals surface area contributed by atoms with Crippen LogP contribution in [0.3, 0.4) is 0 Å². The van der Waals surface area contributed by atoms with Gasteiger partial charge in [-0.2, -0.15) is 13.2 Å². The molecule has 1 aliphatic rings. The van der Waals surface area contributed by atoms with Crippen LogP contribution in [0, 0.1) is 0 Å². The summed E-state index contributed by atoms with van der Waals surface area (Å²) in [6, 6.07) is 7.53. The highest BCUT2D eigenvalue weighted by Crippen LogP contribution is 2.41. The Morgan fingerprint density at radius 2 is 2.14 bits per heavy atom. The minimum absolute atomic E-state index is 0.0259. The molecule has 118 valence electrons. The Morgan fingerprint density at radius 1 is 1.32 bits per heavy atom. The maximum absolute atomic E-state index is 12.9. The fourth-order valence-electron chi connectivity index (χ4n) is 2.80. The van der Waals surface area contributed by atoms with Gasteiger partial charge >= 0.3 is 6.18 Å². The molecule has 1 N–H and O–H groups in total. The number of fused-ring (bicyclic) bond motifs is 1. The number of alkyl halides is 3. The number of nitrogens with one attached hydrogen (secondary N) is 1. The lowest BCUT2D eigenvalue weighted by Gasteiger charge is -2.30. The standard InChI is InChI=1S/C16H16F3NOS/c1-20-8-14-15-12(5-6-22-15)13(9-21-14)10-3-2-4-11(7-10)16(17,18)19/h2-7,13-14,20H,8-9H2,1H3/t13-,14+/m1/s1. The molecule has 22 heavy (non-hydrogen) atoms. The van der Waals surface area contributed by atoms with Gasteiger partial charge in [-0.1, -0.05) is 18.2 Å². The number of hydrogen-bond donors (Lipinski definition) is 1. The average Bonchev–Trinajstić information content (AvgIpc) is 2.97. The van der Waals surface area contributed by atoms with Gasteiger partial charge in [-0.15, -0.1) is 11.3 Å². The van der Waals surface area contributed by atoms with E-state index >= 15 is 0 Å². The van der Waals surface area contributed by atoms with E-state index in [1.165, 1.54) is 12.1 Å². The van der Waals surface area contributed by atoms with Crippen molar-refractivity contribution in [3.8, 4) is 0 Å². The molecule has 0 amide bonds. The van der Waals surface area contributed by atoms with E-state index in [0.29, 0.717) is 18.7 Å². The Morgan fingerprint density at radius 3 is 2.86 bits per heavy atom. The summed E-state index contributed by atoms with van der Waals surface area (Å²) in [5.41, 5.74) is 1.12. The molecular formula is C16H16F3NOS. The maximum atomic E-state index is 12.9. The molecule has 2 aromatic rings. The molecule has 0 radical (unpaired) electrons. The van der Waals surface area contributed by atoms with Crippen molar-refractivity contribution in [2.45, 2.75) is 18.2 Å². The van der Waals surface area contributed by atoms with E-state index in [0.717, 1.165) is 16.5 Å². The van der Waals surface area contributed by atoms with Gasteiger partial charge in [0.2, 0.25) is 0 Å². The smallest absolute Gasteiger partial charge is 0.370 e. The number of likely N-dealkylation sites (N-methyl/N-ethyl adjacent to an activating group) is 1. The minimum Gasteiger partial charge on any atom is -0.370 e. The van der Waals surface area contributed by atoms with Crippen LogP contribution in [0.15, 0.2) is 35.7 Å². The van der Waals surface area contributed by atoms with Gasteiger partial charge in [0.15, 0.2) is 0 Å². The molecule has 0 bridgehead atoms. The van der Waals surface area contributed by atoms with Crippen LogP contribution in [0.25, 0.3) is 0 Å². The van der Waals surface area contributed by atoms with Gasteiger partial charge in [0, 0.05) is 17.3 Å². The van der Waals surface area contributed by atoms with E-state index in [1.807, 2.05) is 18.5 Å². The molecule has 3 rings (SSSR count). The quantitative estimate of drug-likeness (QED) is 0.913. The normalized spacial score (nSPS) is 21.6. The first-order chi connectivity index (χ1) is 10.5. The molecule has 2 atom stereocenters.